The van der Waals surface area contributed by atoms with Gasteiger partial charge in [-0.1, -0.05) is 11.6 Å². The van der Waals surface area contributed by atoms with Crippen LogP contribution in [0.2, 0.25) is 5.15 Å². The monoisotopic (exact) mass is 427 g/mol. The van der Waals surface area contributed by atoms with Crippen LogP contribution < -0.4 is 4.90 Å². The van der Waals surface area contributed by atoms with Crippen molar-refractivity contribution in [3.05, 3.63) is 22.5 Å². The van der Waals surface area contributed by atoms with E-state index in [9.17, 15) is 18.8 Å². The van der Waals surface area contributed by atoms with Crippen molar-refractivity contribution >= 4 is 23.4 Å². The maximum Gasteiger partial charge on any atom is 0.410 e. The number of rotatable bonds is 3. The zero-order chi connectivity index (χ0) is 21.3. The van der Waals surface area contributed by atoms with Gasteiger partial charge in [-0.05, 0) is 20.8 Å². The molecule has 0 atom stereocenters. The number of alkyl halides is 2. The molecule has 0 bridgehead atoms. The highest BCUT2D eigenvalue weighted by atomic mass is 35.5. The smallest absolute Gasteiger partial charge is 0.410 e. The minimum atomic E-state index is -2.86. The van der Waals surface area contributed by atoms with Gasteiger partial charge < -0.3 is 14.5 Å². The number of nitrogens with zero attached hydrogens (tertiary/aromatic N) is 5. The van der Waals surface area contributed by atoms with Gasteiger partial charge >= 0.3 is 6.09 Å². The third-order valence-electron chi connectivity index (χ3n) is 5.00. The molecule has 10 heteroatoms. The van der Waals surface area contributed by atoms with Crippen LogP contribution in [0.1, 0.15) is 38.5 Å². The zero-order valence-electron chi connectivity index (χ0n) is 16.7. The van der Waals surface area contributed by atoms with Crippen molar-refractivity contribution in [3.8, 4) is 6.07 Å². The molecule has 0 aromatic carbocycles. The van der Waals surface area contributed by atoms with Crippen LogP contribution in [0.5, 0.6) is 0 Å². The van der Waals surface area contributed by atoms with E-state index in [1.807, 2.05) is 31.7 Å². The maximum absolute atomic E-state index is 13.2. The number of carbonyl (C=O) groups is 1. The van der Waals surface area contributed by atoms with Crippen LogP contribution in [0.25, 0.3) is 0 Å². The van der Waals surface area contributed by atoms with E-state index in [0.717, 1.165) is 0 Å². The highest BCUT2D eigenvalue weighted by Crippen LogP contribution is 2.34. The standard InChI is InChI=1S/C19H24ClF2N5O2/c1-19(2,3)29-18(28)26-6-4-25(5-7-26)12-10-27(11-12)14-8-15(20)24-16(17(21)22)13(14)9-23/h8,12,17H,4-7,10-11H2,1-3H3. The Morgan fingerprint density at radius 1 is 1.31 bits per heavy atom. The van der Waals surface area contributed by atoms with Gasteiger partial charge in [-0.15, -0.1) is 0 Å². The quantitative estimate of drug-likeness (QED) is 0.689. The molecule has 7 nitrogen and oxygen atoms in total. The van der Waals surface area contributed by atoms with Crippen molar-refractivity contribution in [1.29, 1.82) is 5.26 Å². The molecule has 29 heavy (non-hydrogen) atoms. The fourth-order valence-corrected chi connectivity index (χ4v) is 3.71. The lowest BCUT2D eigenvalue weighted by Gasteiger charge is -2.49. The van der Waals surface area contributed by atoms with E-state index in [1.54, 1.807) is 4.90 Å². The lowest BCUT2D eigenvalue weighted by molar-refractivity contribution is 0.00875. The van der Waals surface area contributed by atoms with Gasteiger partial charge in [0.2, 0.25) is 0 Å². The third kappa shape index (κ3) is 4.87. The van der Waals surface area contributed by atoms with Crippen molar-refractivity contribution in [3.63, 3.8) is 0 Å². The maximum atomic E-state index is 13.2. The summed E-state index contributed by atoms with van der Waals surface area (Å²) in [5.41, 5.74) is -0.835. The number of ether oxygens (including phenoxy) is 1. The van der Waals surface area contributed by atoms with Crippen LogP contribution >= 0.6 is 11.6 Å². The van der Waals surface area contributed by atoms with Gasteiger partial charge in [0.05, 0.1) is 5.69 Å². The first-order valence-electron chi connectivity index (χ1n) is 9.44. The van der Waals surface area contributed by atoms with E-state index in [4.69, 9.17) is 16.3 Å². The van der Waals surface area contributed by atoms with Gasteiger partial charge in [0, 0.05) is 51.4 Å². The Morgan fingerprint density at radius 3 is 2.45 bits per heavy atom. The molecule has 158 valence electrons. The first-order valence-corrected chi connectivity index (χ1v) is 9.82. The lowest BCUT2D eigenvalue weighted by atomic mass is 10.0. The van der Waals surface area contributed by atoms with Crippen molar-refractivity contribution < 1.29 is 18.3 Å². The van der Waals surface area contributed by atoms with Crippen molar-refractivity contribution in [2.75, 3.05) is 44.2 Å². The van der Waals surface area contributed by atoms with E-state index in [2.05, 4.69) is 9.88 Å². The molecule has 0 spiro atoms. The molecule has 0 unspecified atom stereocenters. The van der Waals surface area contributed by atoms with Gasteiger partial charge in [-0.2, -0.15) is 5.26 Å². The fraction of sp³-hybridized carbons (Fsp3) is 0.632. The zero-order valence-corrected chi connectivity index (χ0v) is 17.4. The van der Waals surface area contributed by atoms with E-state index in [1.165, 1.54) is 6.07 Å². The van der Waals surface area contributed by atoms with E-state index in [0.29, 0.717) is 45.0 Å². The summed E-state index contributed by atoms with van der Waals surface area (Å²) in [6.45, 7) is 9.29. The average molecular weight is 428 g/mol. The lowest BCUT2D eigenvalue weighted by Crippen LogP contribution is -2.63. The SMILES string of the molecule is CC(C)(C)OC(=O)N1CCN(C2CN(c3cc(Cl)nc(C(F)F)c3C#N)C2)CC1. The Bertz CT molecular complexity index is 810. The average Bonchev–Trinajstić information content (AvgIpc) is 2.59. The molecule has 3 heterocycles. The summed E-state index contributed by atoms with van der Waals surface area (Å²) in [7, 11) is 0. The molecule has 0 saturated carbocycles. The summed E-state index contributed by atoms with van der Waals surface area (Å²) >= 11 is 5.88. The molecule has 2 fully saturated rings. The number of anilines is 1. The number of pyridine rings is 1. The molecule has 0 radical (unpaired) electrons. The van der Waals surface area contributed by atoms with Gasteiger partial charge in [0.15, 0.2) is 0 Å². The molecule has 2 aliphatic heterocycles. The second kappa shape index (κ2) is 8.28. The van der Waals surface area contributed by atoms with Gasteiger partial charge in [0.25, 0.3) is 6.43 Å². The minimum absolute atomic E-state index is 0.0521. The number of halogens is 3. The van der Waals surface area contributed by atoms with Gasteiger partial charge in [0.1, 0.15) is 28.1 Å². The molecule has 2 saturated heterocycles. The number of nitriles is 1. The molecule has 0 aliphatic carbocycles. The Kier molecular flexibility index (Phi) is 6.15. The summed E-state index contributed by atoms with van der Waals surface area (Å²) in [6.07, 6.45) is -3.17. The van der Waals surface area contributed by atoms with Gasteiger partial charge in [-0.25, -0.2) is 18.6 Å². The van der Waals surface area contributed by atoms with E-state index >= 15 is 0 Å². The molecular weight excluding hydrogens is 404 g/mol. The van der Waals surface area contributed by atoms with Crippen LogP contribution in [0.3, 0.4) is 0 Å². The summed E-state index contributed by atoms with van der Waals surface area (Å²) in [4.78, 5) is 21.6. The summed E-state index contributed by atoms with van der Waals surface area (Å²) in [5, 5.41) is 9.28. The number of aromatic nitrogens is 1. The molecule has 0 N–H and O–H groups in total. The minimum Gasteiger partial charge on any atom is -0.444 e. The van der Waals surface area contributed by atoms with E-state index in [-0.39, 0.29) is 22.9 Å². The van der Waals surface area contributed by atoms with Crippen molar-refractivity contribution in [2.45, 2.75) is 38.8 Å². The number of carbonyl (C=O) groups excluding carboxylic acids is 1. The molecule has 3 rings (SSSR count). The van der Waals surface area contributed by atoms with Crippen LogP contribution in [0.4, 0.5) is 19.3 Å². The predicted octanol–water partition coefficient (Wildman–Crippen LogP) is 3.29. The summed E-state index contributed by atoms with van der Waals surface area (Å²) in [6, 6.07) is 3.53. The number of hydrogen-bond donors (Lipinski definition) is 0. The summed E-state index contributed by atoms with van der Waals surface area (Å²) in [5.74, 6) is 0. The predicted molar refractivity (Wildman–Crippen MR) is 104 cm³/mol. The molecule has 1 aromatic rings. The molecule has 1 amide bonds. The first kappa shape index (κ1) is 21.5. The molecule has 2 aliphatic rings. The van der Waals surface area contributed by atoms with Crippen LogP contribution in [-0.2, 0) is 4.74 Å². The van der Waals surface area contributed by atoms with Crippen molar-refractivity contribution in [2.24, 2.45) is 0 Å². The fourth-order valence-electron chi connectivity index (χ4n) is 3.52. The third-order valence-corrected chi connectivity index (χ3v) is 5.19. The van der Waals surface area contributed by atoms with Crippen LogP contribution in [0, 0.1) is 11.3 Å². The Hall–Kier alpha value is -2.18. The van der Waals surface area contributed by atoms with Crippen molar-refractivity contribution in [1.82, 2.24) is 14.8 Å². The number of piperazine rings is 1. The highest BCUT2D eigenvalue weighted by molar-refractivity contribution is 6.29. The van der Waals surface area contributed by atoms with Crippen LogP contribution in [-0.4, -0.2) is 71.8 Å². The van der Waals surface area contributed by atoms with Gasteiger partial charge in [-0.3, -0.25) is 4.90 Å². The second-order valence-electron chi connectivity index (χ2n) is 8.20. The molecular formula is C19H24ClF2N5O2. The Labute approximate surface area is 173 Å². The topological polar surface area (TPSA) is 72.7 Å². The summed E-state index contributed by atoms with van der Waals surface area (Å²) < 4.78 is 31.8. The first-order chi connectivity index (χ1) is 13.6. The Balaban J connectivity index is 1.58. The highest BCUT2D eigenvalue weighted by Gasteiger charge is 2.37. The second-order valence-corrected chi connectivity index (χ2v) is 8.59. The van der Waals surface area contributed by atoms with E-state index < -0.39 is 17.7 Å². The number of amides is 1. The largest absolute Gasteiger partial charge is 0.444 e. The molecule has 1 aromatic heterocycles. The Morgan fingerprint density at radius 2 is 1.93 bits per heavy atom. The van der Waals surface area contributed by atoms with Crippen LogP contribution in [0.15, 0.2) is 6.07 Å². The number of hydrogen-bond acceptors (Lipinski definition) is 6. The normalized spacial score (nSPS) is 18.6.